The van der Waals surface area contributed by atoms with Gasteiger partial charge in [-0.3, -0.25) is 9.36 Å². The van der Waals surface area contributed by atoms with Crippen LogP contribution in [-0.2, 0) is 7.05 Å². The van der Waals surface area contributed by atoms with Crippen LogP contribution in [0.25, 0.3) is 11.3 Å². The van der Waals surface area contributed by atoms with Crippen molar-refractivity contribution >= 4 is 17.7 Å². The smallest absolute Gasteiger partial charge is 0.264 e. The highest BCUT2D eigenvalue weighted by molar-refractivity contribution is 7.98. The minimum atomic E-state index is -0.155. The largest absolute Gasteiger partial charge is 0.455 e. The quantitative estimate of drug-likeness (QED) is 0.632. The van der Waals surface area contributed by atoms with Crippen molar-refractivity contribution in [1.82, 2.24) is 19.5 Å². The Bertz CT molecular complexity index is 1050. The van der Waals surface area contributed by atoms with Gasteiger partial charge in [0.1, 0.15) is 11.5 Å². The van der Waals surface area contributed by atoms with Crippen molar-refractivity contribution in [3.8, 4) is 22.8 Å². The van der Waals surface area contributed by atoms with Crippen LogP contribution < -0.4 is 15.6 Å². The molecule has 0 fully saturated rings. The Morgan fingerprint density at radius 2 is 2.00 bits per heavy atom. The van der Waals surface area contributed by atoms with E-state index < -0.39 is 0 Å². The molecule has 3 aromatic heterocycles. The van der Waals surface area contributed by atoms with Gasteiger partial charge in [0.2, 0.25) is 5.95 Å². The molecule has 0 saturated heterocycles. The summed E-state index contributed by atoms with van der Waals surface area (Å²) >= 11 is 1.55. The summed E-state index contributed by atoms with van der Waals surface area (Å²) in [6.45, 7) is 5.84. The van der Waals surface area contributed by atoms with Gasteiger partial charge in [0.05, 0.1) is 22.0 Å². The van der Waals surface area contributed by atoms with Gasteiger partial charge in [-0.25, -0.2) is 15.0 Å². The fourth-order valence-electron chi connectivity index (χ4n) is 2.61. The summed E-state index contributed by atoms with van der Waals surface area (Å²) in [6, 6.07) is 7.44. The second kappa shape index (κ2) is 8.43. The first-order valence-corrected chi connectivity index (χ1v) is 10.1. The second-order valence-corrected chi connectivity index (χ2v) is 7.40. The number of hydrogen-bond donors (Lipinski definition) is 1. The van der Waals surface area contributed by atoms with Crippen molar-refractivity contribution in [2.75, 3.05) is 11.6 Å². The van der Waals surface area contributed by atoms with Gasteiger partial charge < -0.3 is 10.1 Å². The molecule has 28 heavy (non-hydrogen) atoms. The summed E-state index contributed by atoms with van der Waals surface area (Å²) in [5, 5.41) is 4.03. The van der Waals surface area contributed by atoms with Crippen molar-refractivity contribution in [3.63, 3.8) is 0 Å². The number of aryl methyl sites for hydroxylation is 1. The van der Waals surface area contributed by atoms with Gasteiger partial charge in [0, 0.05) is 31.5 Å². The van der Waals surface area contributed by atoms with Crippen LogP contribution in [0.5, 0.6) is 11.5 Å². The lowest BCUT2D eigenvalue weighted by Gasteiger charge is -2.14. The van der Waals surface area contributed by atoms with Gasteiger partial charge in [0.15, 0.2) is 0 Å². The number of pyridine rings is 2. The van der Waals surface area contributed by atoms with Crippen molar-refractivity contribution in [2.24, 2.45) is 7.05 Å². The van der Waals surface area contributed by atoms with E-state index >= 15 is 0 Å². The van der Waals surface area contributed by atoms with Crippen molar-refractivity contribution in [2.45, 2.75) is 31.8 Å². The molecular formula is C20H23N5O2S. The topological polar surface area (TPSA) is 81.9 Å². The van der Waals surface area contributed by atoms with E-state index in [4.69, 9.17) is 4.74 Å². The molecule has 0 saturated carbocycles. The number of nitrogens with zero attached hydrogens (tertiary/aromatic N) is 4. The Morgan fingerprint density at radius 3 is 2.68 bits per heavy atom. The fraction of sp³-hybridized carbons (Fsp3) is 0.300. The summed E-state index contributed by atoms with van der Waals surface area (Å²) in [7, 11) is 1.70. The van der Waals surface area contributed by atoms with Gasteiger partial charge in [-0.2, -0.15) is 0 Å². The summed E-state index contributed by atoms with van der Waals surface area (Å²) in [6.07, 6.45) is 5.23. The van der Waals surface area contributed by atoms with Gasteiger partial charge in [-0.1, -0.05) is 0 Å². The predicted octanol–water partition coefficient (Wildman–Crippen LogP) is 3.88. The first-order chi connectivity index (χ1) is 13.4. The van der Waals surface area contributed by atoms with Gasteiger partial charge >= 0.3 is 0 Å². The van der Waals surface area contributed by atoms with E-state index in [1.807, 2.05) is 39.2 Å². The molecule has 7 nitrogen and oxygen atoms in total. The third-order valence-electron chi connectivity index (χ3n) is 4.04. The summed E-state index contributed by atoms with van der Waals surface area (Å²) in [5.41, 5.74) is 1.54. The molecule has 3 heterocycles. The molecule has 0 atom stereocenters. The zero-order valence-electron chi connectivity index (χ0n) is 16.6. The number of rotatable bonds is 6. The number of anilines is 1. The molecule has 0 bridgehead atoms. The van der Waals surface area contributed by atoms with Gasteiger partial charge in [-0.05, 0) is 45.2 Å². The molecule has 3 aromatic rings. The number of nitrogens with one attached hydrogen (secondary N) is 1. The van der Waals surface area contributed by atoms with Crippen LogP contribution in [0, 0.1) is 6.92 Å². The Hall–Kier alpha value is -2.87. The standard InChI is InChI=1S/C20H23N5O2S/c1-12(2)23-20-22-11-15(19(26)25(20)4)16-6-7-17(13(3)24-16)27-14-8-9-21-18(10-14)28-5/h6-12H,1-5H3,(H,22,23). The Balaban J connectivity index is 1.90. The van der Waals surface area contributed by atoms with E-state index in [1.54, 1.807) is 43.3 Å². The monoisotopic (exact) mass is 397 g/mol. The Morgan fingerprint density at radius 1 is 1.21 bits per heavy atom. The highest BCUT2D eigenvalue weighted by atomic mass is 32.2. The number of ether oxygens (including phenoxy) is 1. The second-order valence-electron chi connectivity index (χ2n) is 6.57. The molecule has 1 N–H and O–H groups in total. The van der Waals surface area contributed by atoms with Crippen LogP contribution in [0.1, 0.15) is 19.5 Å². The summed E-state index contributed by atoms with van der Waals surface area (Å²) in [4.78, 5) is 25.9. The van der Waals surface area contributed by atoms with E-state index in [1.165, 1.54) is 4.57 Å². The first kappa shape index (κ1) is 19.9. The molecule has 0 amide bonds. The van der Waals surface area contributed by atoms with Crippen molar-refractivity contribution < 1.29 is 4.74 Å². The average molecular weight is 398 g/mol. The maximum atomic E-state index is 12.7. The van der Waals surface area contributed by atoms with Crippen molar-refractivity contribution in [1.29, 1.82) is 0 Å². The minimum absolute atomic E-state index is 0.155. The van der Waals surface area contributed by atoms with Crippen LogP contribution in [0.15, 0.2) is 46.5 Å². The molecule has 0 unspecified atom stereocenters. The van der Waals surface area contributed by atoms with E-state index in [9.17, 15) is 4.79 Å². The van der Waals surface area contributed by atoms with Gasteiger partial charge in [-0.15, -0.1) is 11.8 Å². The lowest BCUT2D eigenvalue weighted by molar-refractivity contribution is 0.473. The maximum absolute atomic E-state index is 12.7. The lowest BCUT2D eigenvalue weighted by atomic mass is 10.2. The highest BCUT2D eigenvalue weighted by Crippen LogP contribution is 2.27. The highest BCUT2D eigenvalue weighted by Gasteiger charge is 2.13. The molecule has 0 aliphatic rings. The van der Waals surface area contributed by atoms with E-state index in [0.717, 1.165) is 5.03 Å². The lowest BCUT2D eigenvalue weighted by Crippen LogP contribution is -2.25. The molecule has 8 heteroatoms. The molecule has 146 valence electrons. The van der Waals surface area contributed by atoms with Crippen LogP contribution in [0.2, 0.25) is 0 Å². The van der Waals surface area contributed by atoms with E-state index in [0.29, 0.717) is 34.4 Å². The van der Waals surface area contributed by atoms with Crippen LogP contribution in [0.3, 0.4) is 0 Å². The van der Waals surface area contributed by atoms with E-state index in [-0.39, 0.29) is 11.6 Å². The molecule has 0 aliphatic heterocycles. The molecule has 0 aromatic carbocycles. The number of aromatic nitrogens is 4. The van der Waals surface area contributed by atoms with Crippen molar-refractivity contribution in [3.05, 3.63) is 52.7 Å². The minimum Gasteiger partial charge on any atom is -0.455 e. The Labute approximate surface area is 168 Å². The van der Waals surface area contributed by atoms with E-state index in [2.05, 4.69) is 20.3 Å². The summed E-state index contributed by atoms with van der Waals surface area (Å²) < 4.78 is 7.43. The van der Waals surface area contributed by atoms with Crippen LogP contribution in [0.4, 0.5) is 5.95 Å². The maximum Gasteiger partial charge on any atom is 0.264 e. The normalized spacial score (nSPS) is 10.9. The summed E-state index contributed by atoms with van der Waals surface area (Å²) in [5.74, 6) is 1.85. The van der Waals surface area contributed by atoms with Gasteiger partial charge in [0.25, 0.3) is 5.56 Å². The molecular weight excluding hydrogens is 374 g/mol. The molecule has 0 radical (unpaired) electrons. The molecule has 3 rings (SSSR count). The molecule has 0 spiro atoms. The first-order valence-electron chi connectivity index (χ1n) is 8.87. The third-order valence-corrected chi connectivity index (χ3v) is 4.68. The third kappa shape index (κ3) is 4.33. The fourth-order valence-corrected chi connectivity index (χ4v) is 3.01. The Kier molecular flexibility index (Phi) is 5.99. The zero-order valence-corrected chi connectivity index (χ0v) is 17.4. The zero-order chi connectivity index (χ0) is 20.3. The average Bonchev–Trinajstić information content (AvgIpc) is 2.67. The van der Waals surface area contributed by atoms with Crippen LogP contribution in [-0.4, -0.2) is 31.8 Å². The predicted molar refractivity (Wildman–Crippen MR) is 112 cm³/mol. The van der Waals surface area contributed by atoms with Crippen LogP contribution >= 0.6 is 11.8 Å². The number of thioether (sulfide) groups is 1. The molecule has 0 aliphatic carbocycles. The SMILES string of the molecule is CSc1cc(Oc2ccc(-c3cnc(NC(C)C)n(C)c3=O)nc2C)ccn1. The number of hydrogen-bond acceptors (Lipinski definition) is 7.